The third kappa shape index (κ3) is 3.92. The molecule has 3 rings (SSSR count). The van der Waals surface area contributed by atoms with Crippen molar-refractivity contribution in [1.82, 2.24) is 9.97 Å². The number of rotatable bonds is 5. The molecule has 0 spiro atoms. The second kappa shape index (κ2) is 7.32. The Morgan fingerprint density at radius 2 is 1.83 bits per heavy atom. The fraction of sp³-hybridized carbons (Fsp3) is 0.0556. The van der Waals surface area contributed by atoms with Crippen LogP contribution in [0.1, 0.15) is 15.9 Å². The summed E-state index contributed by atoms with van der Waals surface area (Å²) in [6.45, 7) is 0.621. The molecular weight excluding hydrogens is 307 g/mol. The van der Waals surface area contributed by atoms with Gasteiger partial charge in [0.05, 0.1) is 17.4 Å². The van der Waals surface area contributed by atoms with Gasteiger partial charge in [-0.3, -0.25) is 9.78 Å². The predicted molar refractivity (Wildman–Crippen MR) is 90.2 cm³/mol. The number of nitrogens with one attached hydrogen (secondary N) is 2. The molecule has 0 radical (unpaired) electrons. The minimum absolute atomic E-state index is 0.00242. The van der Waals surface area contributed by atoms with E-state index in [2.05, 4.69) is 20.6 Å². The molecule has 2 N–H and O–H groups in total. The Hall–Kier alpha value is -3.28. The first-order valence-electron chi connectivity index (χ1n) is 7.37. The standard InChI is InChI=1S/C18H15FN4O/c19-16-4-2-1-3-15(16)18(24)23-14-5-6-17(22-12-14)21-11-13-7-9-20-10-8-13/h1-10,12H,11H2,(H,21,22)(H,23,24). The molecule has 2 heterocycles. The van der Waals surface area contributed by atoms with Crippen LogP contribution in [0.15, 0.2) is 67.1 Å². The third-order valence-corrected chi connectivity index (χ3v) is 3.36. The van der Waals surface area contributed by atoms with Crippen molar-refractivity contribution in [2.45, 2.75) is 6.54 Å². The van der Waals surface area contributed by atoms with Gasteiger partial charge in [0.15, 0.2) is 0 Å². The van der Waals surface area contributed by atoms with Crippen LogP contribution in [0.5, 0.6) is 0 Å². The Morgan fingerprint density at radius 1 is 1.04 bits per heavy atom. The Kier molecular flexibility index (Phi) is 4.76. The van der Waals surface area contributed by atoms with E-state index in [1.807, 2.05) is 12.1 Å². The molecule has 0 fully saturated rings. The lowest BCUT2D eigenvalue weighted by Crippen LogP contribution is -2.13. The van der Waals surface area contributed by atoms with E-state index in [4.69, 9.17) is 0 Å². The van der Waals surface area contributed by atoms with Crippen LogP contribution in [0.25, 0.3) is 0 Å². The predicted octanol–water partition coefficient (Wildman–Crippen LogP) is 3.48. The maximum atomic E-state index is 13.6. The van der Waals surface area contributed by atoms with Gasteiger partial charge in [0, 0.05) is 18.9 Å². The highest BCUT2D eigenvalue weighted by atomic mass is 19.1. The number of nitrogens with zero attached hydrogens (tertiary/aromatic N) is 2. The van der Waals surface area contributed by atoms with E-state index >= 15 is 0 Å². The normalized spacial score (nSPS) is 10.2. The molecule has 0 unspecified atom stereocenters. The lowest BCUT2D eigenvalue weighted by molar-refractivity contribution is 0.102. The van der Waals surface area contributed by atoms with Crippen LogP contribution in [-0.4, -0.2) is 15.9 Å². The van der Waals surface area contributed by atoms with Crippen LogP contribution >= 0.6 is 0 Å². The molecule has 0 aliphatic heterocycles. The summed E-state index contributed by atoms with van der Waals surface area (Å²) in [4.78, 5) is 20.2. The average Bonchev–Trinajstić information content (AvgIpc) is 2.62. The summed E-state index contributed by atoms with van der Waals surface area (Å²) in [5.41, 5.74) is 1.58. The van der Waals surface area contributed by atoms with Crippen LogP contribution < -0.4 is 10.6 Å². The van der Waals surface area contributed by atoms with Crippen molar-refractivity contribution in [3.8, 4) is 0 Å². The number of benzene rings is 1. The number of anilines is 2. The van der Waals surface area contributed by atoms with Crippen molar-refractivity contribution in [3.05, 3.63) is 84.1 Å². The van der Waals surface area contributed by atoms with Gasteiger partial charge in [-0.1, -0.05) is 12.1 Å². The highest BCUT2D eigenvalue weighted by molar-refractivity contribution is 6.04. The van der Waals surface area contributed by atoms with Crippen molar-refractivity contribution in [3.63, 3.8) is 0 Å². The second-order valence-electron chi connectivity index (χ2n) is 5.08. The zero-order chi connectivity index (χ0) is 16.8. The van der Waals surface area contributed by atoms with Crippen molar-refractivity contribution >= 4 is 17.4 Å². The van der Waals surface area contributed by atoms with Crippen molar-refractivity contribution < 1.29 is 9.18 Å². The monoisotopic (exact) mass is 322 g/mol. The van der Waals surface area contributed by atoms with Gasteiger partial charge >= 0.3 is 0 Å². The van der Waals surface area contributed by atoms with Crippen molar-refractivity contribution in [1.29, 1.82) is 0 Å². The summed E-state index contributed by atoms with van der Waals surface area (Å²) in [5.74, 6) is -0.387. The number of hydrogen-bond donors (Lipinski definition) is 2. The van der Waals surface area contributed by atoms with Crippen LogP contribution in [-0.2, 0) is 6.54 Å². The van der Waals surface area contributed by atoms with Gasteiger partial charge < -0.3 is 10.6 Å². The molecule has 0 bridgehead atoms. The van der Waals surface area contributed by atoms with Gasteiger partial charge in [-0.15, -0.1) is 0 Å². The molecule has 120 valence electrons. The van der Waals surface area contributed by atoms with Gasteiger partial charge in [-0.25, -0.2) is 9.37 Å². The average molecular weight is 322 g/mol. The molecule has 24 heavy (non-hydrogen) atoms. The number of aromatic nitrogens is 2. The number of carbonyl (C=O) groups excluding carboxylic acids is 1. The maximum absolute atomic E-state index is 13.6. The Morgan fingerprint density at radius 3 is 2.54 bits per heavy atom. The number of pyridine rings is 2. The van der Waals surface area contributed by atoms with E-state index < -0.39 is 11.7 Å². The van der Waals surface area contributed by atoms with E-state index in [1.54, 1.807) is 30.6 Å². The molecule has 0 atom stereocenters. The fourth-order valence-electron chi connectivity index (χ4n) is 2.11. The van der Waals surface area contributed by atoms with Crippen LogP contribution in [0.2, 0.25) is 0 Å². The molecule has 0 aliphatic rings. The highest BCUT2D eigenvalue weighted by Gasteiger charge is 2.10. The summed E-state index contributed by atoms with van der Waals surface area (Å²) < 4.78 is 13.6. The molecule has 0 aliphatic carbocycles. The highest BCUT2D eigenvalue weighted by Crippen LogP contribution is 2.13. The van der Waals surface area contributed by atoms with Crippen LogP contribution in [0.3, 0.4) is 0 Å². The maximum Gasteiger partial charge on any atom is 0.258 e. The van der Waals surface area contributed by atoms with Crippen molar-refractivity contribution in [2.24, 2.45) is 0 Å². The SMILES string of the molecule is O=C(Nc1ccc(NCc2ccncc2)nc1)c1ccccc1F. The Bertz CT molecular complexity index is 822. The number of amides is 1. The smallest absolute Gasteiger partial charge is 0.258 e. The molecule has 2 aromatic heterocycles. The van der Waals surface area contributed by atoms with E-state index in [0.29, 0.717) is 18.1 Å². The van der Waals surface area contributed by atoms with Crippen LogP contribution in [0, 0.1) is 5.82 Å². The largest absolute Gasteiger partial charge is 0.366 e. The molecule has 0 saturated carbocycles. The molecule has 1 aromatic carbocycles. The fourth-order valence-corrected chi connectivity index (χ4v) is 2.11. The zero-order valence-corrected chi connectivity index (χ0v) is 12.7. The number of carbonyl (C=O) groups is 1. The summed E-state index contributed by atoms with van der Waals surface area (Å²) in [5, 5.41) is 5.79. The van der Waals surface area contributed by atoms with E-state index in [-0.39, 0.29) is 5.56 Å². The zero-order valence-electron chi connectivity index (χ0n) is 12.7. The molecule has 1 amide bonds. The Balaban J connectivity index is 1.60. The van der Waals surface area contributed by atoms with Gasteiger partial charge in [0.25, 0.3) is 5.91 Å². The van der Waals surface area contributed by atoms with E-state index in [1.165, 1.54) is 24.4 Å². The first-order valence-corrected chi connectivity index (χ1v) is 7.37. The summed E-state index contributed by atoms with van der Waals surface area (Å²) in [7, 11) is 0. The van der Waals surface area contributed by atoms with Gasteiger partial charge in [-0.05, 0) is 42.0 Å². The van der Waals surface area contributed by atoms with Gasteiger partial charge in [0.2, 0.25) is 0 Å². The third-order valence-electron chi connectivity index (χ3n) is 3.36. The lowest BCUT2D eigenvalue weighted by atomic mass is 10.2. The minimum Gasteiger partial charge on any atom is -0.366 e. The Labute approximate surface area is 138 Å². The molecule has 0 saturated heterocycles. The minimum atomic E-state index is -0.557. The summed E-state index contributed by atoms with van der Waals surface area (Å²) in [6, 6.07) is 13.1. The lowest BCUT2D eigenvalue weighted by Gasteiger charge is -2.08. The summed E-state index contributed by atoms with van der Waals surface area (Å²) in [6.07, 6.45) is 4.98. The van der Waals surface area contributed by atoms with Crippen molar-refractivity contribution in [2.75, 3.05) is 10.6 Å². The molecular formula is C18H15FN4O. The van der Waals surface area contributed by atoms with Crippen LogP contribution in [0.4, 0.5) is 15.9 Å². The van der Waals surface area contributed by atoms with Gasteiger partial charge in [0.1, 0.15) is 11.6 Å². The first-order chi connectivity index (χ1) is 11.7. The first kappa shape index (κ1) is 15.6. The quantitative estimate of drug-likeness (QED) is 0.755. The molecule has 6 heteroatoms. The number of halogens is 1. The van der Waals surface area contributed by atoms with E-state index in [0.717, 1.165) is 5.56 Å². The summed E-state index contributed by atoms with van der Waals surface area (Å²) >= 11 is 0. The van der Waals surface area contributed by atoms with E-state index in [9.17, 15) is 9.18 Å². The topological polar surface area (TPSA) is 66.9 Å². The second-order valence-corrected chi connectivity index (χ2v) is 5.08. The van der Waals surface area contributed by atoms with Gasteiger partial charge in [-0.2, -0.15) is 0 Å². The molecule has 3 aromatic rings. The number of hydrogen-bond acceptors (Lipinski definition) is 4. The molecule has 5 nitrogen and oxygen atoms in total.